The van der Waals surface area contributed by atoms with Gasteiger partial charge in [0.05, 0.1) is 6.61 Å². The Morgan fingerprint density at radius 1 is 1.33 bits per heavy atom. The van der Waals surface area contributed by atoms with Gasteiger partial charge >= 0.3 is 0 Å². The van der Waals surface area contributed by atoms with Crippen LogP contribution in [0.5, 0.6) is 0 Å². The van der Waals surface area contributed by atoms with Crippen molar-refractivity contribution in [1.82, 2.24) is 0 Å². The number of aryl methyl sites for hydroxylation is 1. The van der Waals surface area contributed by atoms with Gasteiger partial charge in [0.25, 0.3) is 0 Å². The second kappa shape index (κ2) is 5.22. The number of benzene rings is 1. The Kier molecular flexibility index (Phi) is 4.19. The lowest BCUT2D eigenvalue weighted by Gasteiger charge is -2.04. The van der Waals surface area contributed by atoms with Crippen LogP contribution in [0, 0.1) is 0 Å². The van der Waals surface area contributed by atoms with Crippen molar-refractivity contribution in [3.05, 3.63) is 29.8 Å². The lowest BCUT2D eigenvalue weighted by Crippen LogP contribution is -1.90. The Bertz CT molecular complexity index is 235. The van der Waals surface area contributed by atoms with Crippen LogP contribution in [-0.2, 0) is 11.5 Å². The minimum absolute atomic E-state index is 0.0305. The number of hydrogen-bond donors (Lipinski definition) is 0. The molecule has 0 heterocycles. The SMILES string of the molecule is CSc1ccccc1CCC[O]. The molecule has 0 amide bonds. The van der Waals surface area contributed by atoms with Gasteiger partial charge in [0.1, 0.15) is 0 Å². The summed E-state index contributed by atoms with van der Waals surface area (Å²) >= 11 is 1.74. The smallest absolute Gasteiger partial charge is 0.0825 e. The summed E-state index contributed by atoms with van der Waals surface area (Å²) < 4.78 is 0. The summed E-state index contributed by atoms with van der Waals surface area (Å²) in [7, 11) is 0. The van der Waals surface area contributed by atoms with E-state index in [0.717, 1.165) is 12.8 Å². The molecule has 0 atom stereocenters. The highest BCUT2D eigenvalue weighted by molar-refractivity contribution is 7.98. The molecule has 0 aliphatic rings. The van der Waals surface area contributed by atoms with Gasteiger partial charge in [-0.2, -0.15) is 0 Å². The van der Waals surface area contributed by atoms with Crippen molar-refractivity contribution >= 4 is 11.8 Å². The second-order valence-corrected chi connectivity index (χ2v) is 3.47. The third-order valence-corrected chi connectivity index (χ3v) is 2.62. The van der Waals surface area contributed by atoms with E-state index in [1.54, 1.807) is 11.8 Å². The summed E-state index contributed by atoms with van der Waals surface area (Å²) in [4.78, 5) is 1.30. The van der Waals surface area contributed by atoms with E-state index in [4.69, 9.17) is 0 Å². The number of thioether (sulfide) groups is 1. The first-order valence-electron chi connectivity index (χ1n) is 4.08. The first kappa shape index (κ1) is 9.62. The molecule has 2 heteroatoms. The number of rotatable bonds is 4. The molecule has 65 valence electrons. The summed E-state index contributed by atoms with van der Waals surface area (Å²) in [6, 6.07) is 8.26. The van der Waals surface area contributed by atoms with Crippen LogP contribution in [0.25, 0.3) is 0 Å². The minimum Gasteiger partial charge on any atom is -0.237 e. The molecule has 1 nitrogen and oxygen atoms in total. The van der Waals surface area contributed by atoms with Gasteiger partial charge in [-0.05, 0) is 30.7 Å². The Morgan fingerprint density at radius 2 is 2.08 bits per heavy atom. The molecule has 1 aromatic carbocycles. The molecule has 12 heavy (non-hydrogen) atoms. The van der Waals surface area contributed by atoms with Gasteiger partial charge in [0.15, 0.2) is 0 Å². The van der Waals surface area contributed by atoms with E-state index in [0.29, 0.717) is 0 Å². The molecule has 0 bridgehead atoms. The fourth-order valence-corrected chi connectivity index (χ4v) is 1.82. The van der Waals surface area contributed by atoms with E-state index < -0.39 is 0 Å². The van der Waals surface area contributed by atoms with Crippen LogP contribution in [0.15, 0.2) is 29.2 Å². The molecule has 0 unspecified atom stereocenters. The molecule has 1 aromatic rings. The van der Waals surface area contributed by atoms with Crippen molar-refractivity contribution < 1.29 is 5.11 Å². The third kappa shape index (κ3) is 2.54. The first-order valence-corrected chi connectivity index (χ1v) is 5.31. The van der Waals surface area contributed by atoms with Crippen LogP contribution < -0.4 is 0 Å². The molecular formula is C10H13OS. The summed E-state index contributed by atoms with van der Waals surface area (Å²) in [5.74, 6) is 0. The molecule has 0 N–H and O–H groups in total. The van der Waals surface area contributed by atoms with Gasteiger partial charge in [-0.1, -0.05) is 18.2 Å². The van der Waals surface area contributed by atoms with Gasteiger partial charge < -0.3 is 0 Å². The second-order valence-electron chi connectivity index (χ2n) is 2.62. The lowest BCUT2D eigenvalue weighted by atomic mass is 10.1. The lowest BCUT2D eigenvalue weighted by molar-refractivity contribution is 0.189. The van der Waals surface area contributed by atoms with Crippen molar-refractivity contribution in [1.29, 1.82) is 0 Å². The van der Waals surface area contributed by atoms with Crippen LogP contribution >= 0.6 is 11.8 Å². The monoisotopic (exact) mass is 181 g/mol. The summed E-state index contributed by atoms with van der Waals surface area (Å²) in [6.07, 6.45) is 3.73. The van der Waals surface area contributed by atoms with Crippen LogP contribution in [0.1, 0.15) is 12.0 Å². The van der Waals surface area contributed by atoms with E-state index in [1.807, 2.05) is 12.1 Å². The minimum atomic E-state index is 0.0305. The van der Waals surface area contributed by atoms with Crippen molar-refractivity contribution in [2.24, 2.45) is 0 Å². The van der Waals surface area contributed by atoms with Gasteiger partial charge in [-0.25, -0.2) is 5.11 Å². The molecule has 0 fully saturated rings. The van der Waals surface area contributed by atoms with E-state index in [-0.39, 0.29) is 6.61 Å². The molecule has 0 aliphatic carbocycles. The molecule has 0 saturated heterocycles. The summed E-state index contributed by atoms with van der Waals surface area (Å²) in [5, 5.41) is 10.3. The van der Waals surface area contributed by atoms with Gasteiger partial charge in [-0.3, -0.25) is 0 Å². The highest BCUT2D eigenvalue weighted by atomic mass is 32.2. The van der Waals surface area contributed by atoms with Crippen molar-refractivity contribution in [3.63, 3.8) is 0 Å². The highest BCUT2D eigenvalue weighted by Gasteiger charge is 1.98. The van der Waals surface area contributed by atoms with Crippen molar-refractivity contribution in [2.45, 2.75) is 17.7 Å². The average molecular weight is 181 g/mol. The van der Waals surface area contributed by atoms with E-state index in [2.05, 4.69) is 18.4 Å². The molecular weight excluding hydrogens is 168 g/mol. The maximum Gasteiger partial charge on any atom is 0.0825 e. The molecule has 0 aliphatic heterocycles. The Hall–Kier alpha value is -0.470. The summed E-state index contributed by atoms with van der Waals surface area (Å²) in [6.45, 7) is 0.0305. The maximum absolute atomic E-state index is 10.3. The van der Waals surface area contributed by atoms with Gasteiger partial charge in [-0.15, -0.1) is 11.8 Å². The van der Waals surface area contributed by atoms with Crippen LogP contribution in [0.4, 0.5) is 0 Å². The molecule has 1 radical (unpaired) electrons. The average Bonchev–Trinajstić information content (AvgIpc) is 2.15. The zero-order valence-electron chi connectivity index (χ0n) is 7.25. The van der Waals surface area contributed by atoms with Gasteiger partial charge in [0, 0.05) is 4.90 Å². The molecule has 0 saturated carbocycles. The van der Waals surface area contributed by atoms with E-state index >= 15 is 0 Å². The third-order valence-electron chi connectivity index (χ3n) is 1.78. The van der Waals surface area contributed by atoms with Crippen LogP contribution in [-0.4, -0.2) is 12.9 Å². The first-order chi connectivity index (χ1) is 5.88. The highest BCUT2D eigenvalue weighted by Crippen LogP contribution is 2.20. The van der Waals surface area contributed by atoms with Crippen LogP contribution in [0.2, 0.25) is 0 Å². The zero-order chi connectivity index (χ0) is 8.81. The van der Waals surface area contributed by atoms with E-state index in [9.17, 15) is 5.11 Å². The summed E-state index contributed by atoms with van der Waals surface area (Å²) in [5.41, 5.74) is 1.31. The Balaban J connectivity index is 2.68. The predicted octanol–water partition coefficient (Wildman–Crippen LogP) is 2.77. The van der Waals surface area contributed by atoms with Crippen molar-refractivity contribution in [2.75, 3.05) is 12.9 Å². The topological polar surface area (TPSA) is 19.9 Å². The largest absolute Gasteiger partial charge is 0.237 e. The van der Waals surface area contributed by atoms with Crippen molar-refractivity contribution in [3.8, 4) is 0 Å². The fourth-order valence-electron chi connectivity index (χ4n) is 1.17. The fraction of sp³-hybridized carbons (Fsp3) is 0.400. The van der Waals surface area contributed by atoms with Crippen LogP contribution in [0.3, 0.4) is 0 Å². The normalized spacial score (nSPS) is 10.2. The zero-order valence-corrected chi connectivity index (χ0v) is 8.06. The maximum atomic E-state index is 10.3. The Labute approximate surface area is 77.8 Å². The molecule has 1 rings (SSSR count). The number of hydrogen-bond acceptors (Lipinski definition) is 1. The predicted molar refractivity (Wildman–Crippen MR) is 52.1 cm³/mol. The van der Waals surface area contributed by atoms with Gasteiger partial charge in [0.2, 0.25) is 0 Å². The molecule has 0 spiro atoms. The standard InChI is InChI=1S/C10H13OS/c1-12-10-7-3-2-5-9(10)6-4-8-11/h2-3,5,7H,4,6,8H2,1H3. The van der Waals surface area contributed by atoms with E-state index in [1.165, 1.54) is 10.5 Å². The quantitative estimate of drug-likeness (QED) is 0.654. The Morgan fingerprint density at radius 3 is 2.75 bits per heavy atom. The molecule has 0 aromatic heterocycles.